The third kappa shape index (κ3) is 3.23. The molecule has 0 saturated heterocycles. The molecule has 0 fully saturated rings. The number of carbonyl (C=O) groups is 2. The van der Waals surface area contributed by atoms with Crippen LogP contribution >= 0.6 is 11.6 Å². The van der Waals surface area contributed by atoms with Crippen LogP contribution in [0, 0.1) is 5.92 Å². The summed E-state index contributed by atoms with van der Waals surface area (Å²) in [7, 11) is 2.89. The molecule has 0 bridgehead atoms. The van der Waals surface area contributed by atoms with Crippen LogP contribution in [0.3, 0.4) is 0 Å². The number of ketones is 2. The summed E-state index contributed by atoms with van der Waals surface area (Å²) < 4.78 is 18.5. The first-order chi connectivity index (χ1) is 16.4. The van der Waals surface area contributed by atoms with E-state index in [2.05, 4.69) is 15.5 Å². The molecule has 5 rings (SSSR count). The molecular weight excluding hydrogens is 460 g/mol. The van der Waals surface area contributed by atoms with E-state index >= 15 is 0 Å². The number of nitrogens with one attached hydrogen (secondary N) is 1. The highest BCUT2D eigenvalue weighted by Crippen LogP contribution is 2.53. The number of ether oxygens (including phenoxy) is 3. The Morgan fingerprint density at radius 3 is 2.56 bits per heavy atom. The molecule has 0 amide bonds. The highest BCUT2D eigenvalue weighted by Gasteiger charge is 2.60. The minimum atomic E-state index is -1.71. The molecule has 1 N–H and O–H groups in total. The Morgan fingerprint density at radius 1 is 1.15 bits per heavy atom. The Morgan fingerprint density at radius 2 is 1.88 bits per heavy atom. The number of Topliss-reactive ketones (excluding diaryl/α,β-unsaturated/α-hetero) is 1. The molecule has 0 radical (unpaired) electrons. The number of aromatic nitrogens is 3. The maximum absolute atomic E-state index is 13.6. The van der Waals surface area contributed by atoms with Crippen LogP contribution in [0.4, 0.5) is 5.69 Å². The summed E-state index contributed by atoms with van der Waals surface area (Å²) >= 11 is 6.43. The minimum absolute atomic E-state index is 0.106. The summed E-state index contributed by atoms with van der Waals surface area (Å²) in [5.74, 6) is -0.747. The molecule has 3 aromatic rings. The van der Waals surface area contributed by atoms with E-state index in [-0.39, 0.29) is 22.1 Å². The number of nitrogens with zero attached hydrogens (tertiary/aromatic N) is 3. The van der Waals surface area contributed by atoms with Gasteiger partial charge in [0.25, 0.3) is 0 Å². The quantitative estimate of drug-likeness (QED) is 0.549. The van der Waals surface area contributed by atoms with Gasteiger partial charge in [0.15, 0.2) is 5.75 Å². The maximum Gasteiger partial charge on any atom is 0.236 e. The number of hydrogen-bond donors (Lipinski definition) is 1. The van der Waals surface area contributed by atoms with Crippen molar-refractivity contribution in [1.29, 1.82) is 0 Å². The van der Waals surface area contributed by atoms with Gasteiger partial charge < -0.3 is 19.5 Å². The number of halogens is 1. The number of allylic oxidation sites excluding steroid dienone is 1. The van der Waals surface area contributed by atoms with E-state index in [1.165, 1.54) is 26.4 Å². The van der Waals surface area contributed by atoms with Gasteiger partial charge in [0.05, 0.1) is 19.9 Å². The van der Waals surface area contributed by atoms with Crippen molar-refractivity contribution >= 4 is 28.9 Å². The second-order valence-corrected chi connectivity index (χ2v) is 8.53. The van der Waals surface area contributed by atoms with Gasteiger partial charge in [-0.1, -0.05) is 24.6 Å². The zero-order valence-corrected chi connectivity index (χ0v) is 19.4. The topological polar surface area (TPSA) is 105 Å². The lowest BCUT2D eigenvalue weighted by molar-refractivity contribution is -0.129. The number of methoxy groups -OCH3 is 2. The molecule has 1 spiro atoms. The SMILES string of the molecule is COc1cc(OC)c2c(c1Cl)O[C@@]1(C(=O)C=C(Nc3cccc(-n4cnnc4)c3)C[C@H]1C)C2=O. The van der Waals surface area contributed by atoms with Gasteiger partial charge in [-0.15, -0.1) is 10.2 Å². The lowest BCUT2D eigenvalue weighted by atomic mass is 9.74. The predicted molar refractivity (Wildman–Crippen MR) is 124 cm³/mol. The van der Waals surface area contributed by atoms with Gasteiger partial charge >= 0.3 is 0 Å². The Hall–Kier alpha value is -3.85. The van der Waals surface area contributed by atoms with Crippen molar-refractivity contribution < 1.29 is 23.8 Å². The molecule has 34 heavy (non-hydrogen) atoms. The molecule has 1 aromatic heterocycles. The molecule has 2 heterocycles. The first kappa shape index (κ1) is 22.0. The monoisotopic (exact) mass is 480 g/mol. The van der Waals surface area contributed by atoms with Crippen LogP contribution in [0.1, 0.15) is 23.7 Å². The highest BCUT2D eigenvalue weighted by molar-refractivity contribution is 6.36. The fourth-order valence-electron chi connectivity index (χ4n) is 4.48. The molecular formula is C24H21ClN4O5. The van der Waals surface area contributed by atoms with Crippen LogP contribution in [0.25, 0.3) is 5.69 Å². The minimum Gasteiger partial charge on any atom is -0.496 e. The van der Waals surface area contributed by atoms with Crippen molar-refractivity contribution in [1.82, 2.24) is 14.8 Å². The highest BCUT2D eigenvalue weighted by atomic mass is 35.5. The van der Waals surface area contributed by atoms with Gasteiger partial charge in [-0.05, 0) is 24.6 Å². The number of benzene rings is 2. The number of anilines is 1. The molecule has 1 aliphatic heterocycles. The second kappa shape index (κ2) is 8.18. The normalized spacial score (nSPS) is 21.2. The van der Waals surface area contributed by atoms with E-state index in [4.69, 9.17) is 25.8 Å². The molecule has 2 aromatic carbocycles. The van der Waals surface area contributed by atoms with Crippen molar-refractivity contribution in [2.45, 2.75) is 18.9 Å². The van der Waals surface area contributed by atoms with Gasteiger partial charge in [-0.2, -0.15) is 0 Å². The summed E-state index contributed by atoms with van der Waals surface area (Å²) in [6, 6.07) is 9.12. The van der Waals surface area contributed by atoms with Crippen LogP contribution in [0.5, 0.6) is 17.2 Å². The van der Waals surface area contributed by atoms with Gasteiger partial charge in [-0.25, -0.2) is 0 Å². The van der Waals surface area contributed by atoms with Gasteiger partial charge in [0.2, 0.25) is 17.2 Å². The first-order valence-corrected chi connectivity index (χ1v) is 10.9. The van der Waals surface area contributed by atoms with Crippen LogP contribution < -0.4 is 19.5 Å². The molecule has 2 atom stereocenters. The zero-order chi connectivity index (χ0) is 24.0. The number of fused-ring (bicyclic) bond motifs is 1. The van der Waals surface area contributed by atoms with Crippen molar-refractivity contribution in [3.05, 3.63) is 65.3 Å². The van der Waals surface area contributed by atoms with E-state index < -0.39 is 23.1 Å². The summed E-state index contributed by atoms with van der Waals surface area (Å²) in [5, 5.41) is 11.1. The summed E-state index contributed by atoms with van der Waals surface area (Å²) in [6.07, 6.45) is 5.03. The maximum atomic E-state index is 13.6. The van der Waals surface area contributed by atoms with Crippen LogP contribution in [0.2, 0.25) is 5.02 Å². The molecule has 1 aliphatic carbocycles. The fraction of sp³-hybridized carbons (Fsp3) is 0.250. The van der Waals surface area contributed by atoms with Crippen LogP contribution in [0.15, 0.2) is 54.8 Å². The molecule has 174 valence electrons. The molecule has 9 nitrogen and oxygen atoms in total. The zero-order valence-electron chi connectivity index (χ0n) is 18.7. The van der Waals surface area contributed by atoms with E-state index in [1.807, 2.05) is 31.2 Å². The Kier molecular flexibility index (Phi) is 5.28. The molecule has 0 unspecified atom stereocenters. The van der Waals surface area contributed by atoms with Gasteiger partial charge in [0.1, 0.15) is 34.7 Å². The van der Waals surface area contributed by atoms with Crippen molar-refractivity contribution in [2.75, 3.05) is 19.5 Å². The largest absolute Gasteiger partial charge is 0.496 e. The molecule has 10 heteroatoms. The van der Waals surface area contributed by atoms with Crippen LogP contribution in [-0.4, -0.2) is 46.2 Å². The molecule has 0 saturated carbocycles. The predicted octanol–water partition coefficient (Wildman–Crippen LogP) is 3.86. The third-order valence-electron chi connectivity index (χ3n) is 6.18. The smallest absolute Gasteiger partial charge is 0.236 e. The lowest BCUT2D eigenvalue weighted by Crippen LogP contribution is -2.55. The average molecular weight is 481 g/mol. The van der Waals surface area contributed by atoms with Crippen molar-refractivity contribution in [3.63, 3.8) is 0 Å². The number of rotatable bonds is 5. The summed E-state index contributed by atoms with van der Waals surface area (Å²) in [5.41, 5.74) is 0.765. The van der Waals surface area contributed by atoms with Crippen LogP contribution in [-0.2, 0) is 4.79 Å². The van der Waals surface area contributed by atoms with E-state index in [9.17, 15) is 9.59 Å². The first-order valence-electron chi connectivity index (χ1n) is 10.5. The Labute approximate surface area is 200 Å². The standard InChI is InChI=1S/C24H21ClN4O5/c1-13-7-15(28-14-5-4-6-16(8-14)29-11-26-27-12-29)9-19(30)24(13)23(31)20-17(32-2)10-18(33-3)21(25)22(20)34-24/h4-6,8-13,28H,7H2,1-3H3/t13-,24+/m1/s1. The third-order valence-corrected chi connectivity index (χ3v) is 6.54. The van der Waals surface area contributed by atoms with E-state index in [1.54, 1.807) is 17.2 Å². The second-order valence-electron chi connectivity index (χ2n) is 8.15. The van der Waals surface area contributed by atoms with Gasteiger partial charge in [-0.3, -0.25) is 14.2 Å². The summed E-state index contributed by atoms with van der Waals surface area (Å²) in [6.45, 7) is 1.81. The summed E-state index contributed by atoms with van der Waals surface area (Å²) in [4.78, 5) is 27.0. The van der Waals surface area contributed by atoms with Gasteiger partial charge in [0, 0.05) is 29.4 Å². The fourth-order valence-corrected chi connectivity index (χ4v) is 4.74. The lowest BCUT2D eigenvalue weighted by Gasteiger charge is -2.35. The van der Waals surface area contributed by atoms with E-state index in [0.717, 1.165) is 11.4 Å². The Bertz CT molecular complexity index is 1340. The van der Waals surface area contributed by atoms with Crippen molar-refractivity contribution in [3.8, 4) is 22.9 Å². The average Bonchev–Trinajstić information content (AvgIpc) is 3.47. The number of carbonyl (C=O) groups excluding carboxylic acids is 2. The van der Waals surface area contributed by atoms with Crippen molar-refractivity contribution in [2.24, 2.45) is 5.92 Å². The molecule has 2 aliphatic rings. The number of hydrogen-bond acceptors (Lipinski definition) is 8. The Balaban J connectivity index is 1.47. The van der Waals surface area contributed by atoms with E-state index in [0.29, 0.717) is 17.9 Å².